The van der Waals surface area contributed by atoms with E-state index in [-0.39, 0.29) is 17.7 Å². The Morgan fingerprint density at radius 3 is 3.00 bits per heavy atom. The maximum Gasteiger partial charge on any atom is 0.267 e. The van der Waals surface area contributed by atoms with E-state index in [0.717, 1.165) is 23.0 Å². The van der Waals surface area contributed by atoms with E-state index in [1.54, 1.807) is 17.0 Å². The number of pyridine rings is 1. The van der Waals surface area contributed by atoms with Gasteiger partial charge in [0.1, 0.15) is 17.2 Å². The van der Waals surface area contributed by atoms with E-state index < -0.39 is 5.91 Å². The van der Waals surface area contributed by atoms with Crippen LogP contribution in [0, 0.1) is 6.92 Å². The summed E-state index contributed by atoms with van der Waals surface area (Å²) in [6.45, 7) is 2.77. The Hall–Kier alpha value is -2.94. The lowest BCUT2D eigenvalue weighted by molar-refractivity contribution is 0.0948. The molecule has 1 N–H and O–H groups in total. The van der Waals surface area contributed by atoms with Gasteiger partial charge in [-0.25, -0.2) is 15.0 Å². The number of hydrogen-bond donors (Lipinski definition) is 1. The van der Waals surface area contributed by atoms with Crippen LogP contribution < -0.4 is 10.9 Å². The Morgan fingerprint density at radius 1 is 1.31 bits per heavy atom. The monoisotopic (exact) mass is 368 g/mol. The van der Waals surface area contributed by atoms with Crippen molar-refractivity contribution in [2.24, 2.45) is 0 Å². The summed E-state index contributed by atoms with van der Waals surface area (Å²) in [7, 11) is 0. The zero-order chi connectivity index (χ0) is 18.1. The van der Waals surface area contributed by atoms with Crippen LogP contribution in [0.1, 0.15) is 21.7 Å². The summed E-state index contributed by atoms with van der Waals surface area (Å²) in [5.74, 6) is 1.93. The van der Waals surface area contributed by atoms with Crippen molar-refractivity contribution in [3.05, 3.63) is 64.2 Å². The Kier molecular flexibility index (Phi) is 4.29. The number of nitrogens with zero attached hydrogens (tertiary/aromatic N) is 5. The lowest BCUT2D eigenvalue weighted by Crippen LogP contribution is -2.33. The summed E-state index contributed by atoms with van der Waals surface area (Å²) >= 11 is 1.52. The lowest BCUT2D eigenvalue weighted by atomic mass is 10.2. The number of amides is 1. The number of thioether (sulfide) groups is 1. The zero-order valence-corrected chi connectivity index (χ0v) is 14.9. The first-order chi connectivity index (χ1) is 12.6. The van der Waals surface area contributed by atoms with E-state index in [4.69, 9.17) is 0 Å². The molecule has 1 aliphatic rings. The van der Waals surface area contributed by atoms with Crippen molar-refractivity contribution in [3.8, 4) is 5.82 Å². The van der Waals surface area contributed by atoms with Crippen LogP contribution in [-0.2, 0) is 13.1 Å². The van der Waals surface area contributed by atoms with Gasteiger partial charge in [-0.15, -0.1) is 0 Å². The molecule has 132 valence electrons. The summed E-state index contributed by atoms with van der Waals surface area (Å²) in [6.07, 6.45) is 6.57. The maximum atomic E-state index is 12.4. The lowest BCUT2D eigenvalue weighted by Gasteiger charge is -2.09. The van der Waals surface area contributed by atoms with Gasteiger partial charge >= 0.3 is 0 Å². The molecule has 0 atom stereocenters. The van der Waals surface area contributed by atoms with E-state index >= 15 is 0 Å². The standard InChI is InChI=1S/C17H16N6O2S/c1-11-18-4-5-22(11)14-8-12(2-3-19-14)9-20-15(24)13-10-21-17-23(16(13)25)6-7-26-17/h2-5,8,10H,6-7,9H2,1H3,(H,20,24). The van der Waals surface area contributed by atoms with Gasteiger partial charge in [0.05, 0.1) is 0 Å². The molecule has 0 unspecified atom stereocenters. The number of rotatable bonds is 4. The smallest absolute Gasteiger partial charge is 0.267 e. The number of aromatic nitrogens is 5. The number of imidazole rings is 1. The quantitative estimate of drug-likeness (QED) is 0.695. The predicted octanol–water partition coefficient (Wildman–Crippen LogP) is 1.17. The van der Waals surface area contributed by atoms with Gasteiger partial charge in [-0.3, -0.25) is 18.7 Å². The molecule has 4 rings (SSSR count). The number of carbonyl (C=O) groups is 1. The average molecular weight is 368 g/mol. The molecule has 8 nitrogen and oxygen atoms in total. The van der Waals surface area contributed by atoms with Crippen LogP contribution in [0.15, 0.2) is 46.9 Å². The molecule has 0 radical (unpaired) electrons. The highest BCUT2D eigenvalue weighted by Crippen LogP contribution is 2.20. The number of hydrogen-bond acceptors (Lipinski definition) is 6. The highest BCUT2D eigenvalue weighted by molar-refractivity contribution is 7.99. The molecule has 0 spiro atoms. The van der Waals surface area contributed by atoms with Gasteiger partial charge in [0.25, 0.3) is 11.5 Å². The Bertz CT molecular complexity index is 1040. The van der Waals surface area contributed by atoms with E-state index in [1.807, 2.05) is 29.8 Å². The first kappa shape index (κ1) is 16.5. The second-order valence-corrected chi connectivity index (χ2v) is 6.87. The molecule has 3 aromatic heterocycles. The molecule has 0 bridgehead atoms. The van der Waals surface area contributed by atoms with E-state index in [2.05, 4.69) is 20.3 Å². The number of carbonyl (C=O) groups excluding carboxylic acids is 1. The molecule has 0 aromatic carbocycles. The van der Waals surface area contributed by atoms with Crippen molar-refractivity contribution in [1.82, 2.24) is 29.4 Å². The van der Waals surface area contributed by atoms with Crippen LogP contribution in [0.5, 0.6) is 0 Å². The molecule has 26 heavy (non-hydrogen) atoms. The van der Waals surface area contributed by atoms with Crippen LogP contribution >= 0.6 is 11.8 Å². The van der Waals surface area contributed by atoms with Crippen LogP contribution in [0.3, 0.4) is 0 Å². The first-order valence-corrected chi connectivity index (χ1v) is 9.08. The Balaban J connectivity index is 1.51. The fourth-order valence-corrected chi connectivity index (χ4v) is 3.69. The second kappa shape index (κ2) is 6.75. The molecule has 0 fully saturated rings. The minimum Gasteiger partial charge on any atom is -0.348 e. The van der Waals surface area contributed by atoms with Crippen molar-refractivity contribution >= 4 is 17.7 Å². The third kappa shape index (κ3) is 3.01. The van der Waals surface area contributed by atoms with E-state index in [0.29, 0.717) is 11.7 Å². The molecule has 4 heterocycles. The van der Waals surface area contributed by atoms with Crippen LogP contribution in [0.25, 0.3) is 5.82 Å². The molecular formula is C17H16N6O2S. The van der Waals surface area contributed by atoms with Crippen LogP contribution in [-0.4, -0.2) is 35.7 Å². The third-order valence-corrected chi connectivity index (χ3v) is 5.11. The van der Waals surface area contributed by atoms with Crippen LogP contribution in [0.4, 0.5) is 0 Å². The molecule has 9 heteroatoms. The minimum atomic E-state index is -0.424. The normalized spacial score (nSPS) is 12.8. The van der Waals surface area contributed by atoms with Gasteiger partial charge in [-0.2, -0.15) is 0 Å². The van der Waals surface area contributed by atoms with Crippen molar-refractivity contribution in [1.29, 1.82) is 0 Å². The highest BCUT2D eigenvalue weighted by atomic mass is 32.2. The van der Waals surface area contributed by atoms with Crippen molar-refractivity contribution in [2.45, 2.75) is 25.2 Å². The zero-order valence-electron chi connectivity index (χ0n) is 14.0. The summed E-state index contributed by atoms with van der Waals surface area (Å²) in [5.41, 5.74) is 0.652. The molecule has 1 aliphatic heterocycles. The first-order valence-electron chi connectivity index (χ1n) is 8.09. The van der Waals surface area contributed by atoms with E-state index in [1.165, 1.54) is 18.0 Å². The molecule has 3 aromatic rings. The number of aryl methyl sites for hydroxylation is 1. The van der Waals surface area contributed by atoms with Crippen molar-refractivity contribution < 1.29 is 4.79 Å². The van der Waals surface area contributed by atoms with Gasteiger partial charge in [0.15, 0.2) is 5.16 Å². The molecule has 0 aliphatic carbocycles. The Morgan fingerprint density at radius 2 is 2.19 bits per heavy atom. The van der Waals surface area contributed by atoms with Crippen molar-refractivity contribution in [2.75, 3.05) is 5.75 Å². The van der Waals surface area contributed by atoms with Gasteiger partial charge in [0.2, 0.25) is 0 Å². The molecule has 1 amide bonds. The summed E-state index contributed by atoms with van der Waals surface area (Å²) < 4.78 is 3.41. The average Bonchev–Trinajstić information content (AvgIpc) is 3.29. The number of fused-ring (bicyclic) bond motifs is 1. The minimum absolute atomic E-state index is 0.0657. The fraction of sp³-hybridized carbons (Fsp3) is 0.235. The Labute approximate surface area is 153 Å². The second-order valence-electron chi connectivity index (χ2n) is 5.81. The molecule has 0 saturated carbocycles. The van der Waals surface area contributed by atoms with Gasteiger partial charge in [-0.05, 0) is 24.6 Å². The van der Waals surface area contributed by atoms with Gasteiger partial charge in [-0.1, -0.05) is 11.8 Å². The van der Waals surface area contributed by atoms with E-state index in [9.17, 15) is 9.59 Å². The predicted molar refractivity (Wildman–Crippen MR) is 96.5 cm³/mol. The third-order valence-electron chi connectivity index (χ3n) is 4.14. The SMILES string of the molecule is Cc1nccn1-c1cc(CNC(=O)c2cnc3n(c2=O)CCS3)ccn1. The molecule has 0 saturated heterocycles. The summed E-state index contributed by atoms with van der Waals surface area (Å²) in [4.78, 5) is 37.5. The van der Waals surface area contributed by atoms with Crippen LogP contribution in [0.2, 0.25) is 0 Å². The highest BCUT2D eigenvalue weighted by Gasteiger charge is 2.19. The summed E-state index contributed by atoms with van der Waals surface area (Å²) in [6, 6.07) is 3.69. The number of nitrogens with one attached hydrogen (secondary N) is 1. The largest absolute Gasteiger partial charge is 0.348 e. The van der Waals surface area contributed by atoms with Crippen molar-refractivity contribution in [3.63, 3.8) is 0 Å². The van der Waals surface area contributed by atoms with Gasteiger partial charge < -0.3 is 5.32 Å². The van der Waals surface area contributed by atoms with Gasteiger partial charge in [0, 0.05) is 43.6 Å². The summed E-state index contributed by atoms with van der Waals surface area (Å²) in [5, 5.41) is 3.45. The fourth-order valence-electron chi connectivity index (χ4n) is 2.77. The topological polar surface area (TPSA) is 94.7 Å². The molecular weight excluding hydrogens is 352 g/mol. The maximum absolute atomic E-state index is 12.4.